The Morgan fingerprint density at radius 2 is 2.02 bits per heavy atom. The number of nitrogens with one attached hydrogen (secondary N) is 3. The van der Waals surface area contributed by atoms with E-state index in [9.17, 15) is 17.2 Å². The molecule has 224 valence electrons. The van der Waals surface area contributed by atoms with Crippen LogP contribution in [0.5, 0.6) is 0 Å². The summed E-state index contributed by atoms with van der Waals surface area (Å²) in [4.78, 5) is 9.02. The first-order chi connectivity index (χ1) is 20.1. The Labute approximate surface area is 242 Å². The maximum Gasteiger partial charge on any atom is 0.256 e. The first-order valence-electron chi connectivity index (χ1n) is 14.0. The van der Waals surface area contributed by atoms with E-state index in [0.29, 0.717) is 36.3 Å². The molecule has 0 saturated heterocycles. The lowest BCUT2D eigenvalue weighted by Crippen LogP contribution is -2.51. The smallest absolute Gasteiger partial charge is 0.256 e. The molecule has 0 radical (unpaired) electrons. The molecule has 0 bridgehead atoms. The Bertz CT molecular complexity index is 1610. The largest absolute Gasteiger partial charge is 0.382 e. The van der Waals surface area contributed by atoms with Crippen molar-refractivity contribution in [1.82, 2.24) is 44.9 Å². The van der Waals surface area contributed by atoms with E-state index in [4.69, 9.17) is 5.73 Å². The Hall–Kier alpha value is -3.69. The molecule has 2 saturated carbocycles. The highest BCUT2D eigenvalue weighted by Crippen LogP contribution is 2.32. The molecule has 6 rings (SSSR count). The lowest BCUT2D eigenvalue weighted by Gasteiger charge is -2.36. The van der Waals surface area contributed by atoms with Crippen molar-refractivity contribution < 1.29 is 17.2 Å². The number of nitrogens with two attached hydrogens (primary N) is 1. The summed E-state index contributed by atoms with van der Waals surface area (Å²) in [5.41, 5.74) is 8.87. The van der Waals surface area contributed by atoms with Gasteiger partial charge in [0, 0.05) is 49.0 Å². The molecule has 2 aliphatic carbocycles. The fourth-order valence-electron chi connectivity index (χ4n) is 5.44. The van der Waals surface area contributed by atoms with Gasteiger partial charge < -0.3 is 21.7 Å². The molecular weight excluding hydrogens is 566 g/mol. The van der Waals surface area contributed by atoms with E-state index in [1.807, 2.05) is 25.4 Å². The number of hydrogen-bond acceptors (Lipinski definition) is 10. The van der Waals surface area contributed by atoms with Crippen LogP contribution in [0.2, 0.25) is 0 Å². The fraction of sp³-hybridized carbons (Fsp3) is 0.481. The molecule has 1 aliphatic heterocycles. The predicted octanol–water partition coefficient (Wildman–Crippen LogP) is 1.81. The number of alkyl halides is 2. The summed E-state index contributed by atoms with van der Waals surface area (Å²) in [7, 11) is -1.68. The molecule has 3 atom stereocenters. The predicted molar refractivity (Wildman–Crippen MR) is 152 cm³/mol. The van der Waals surface area contributed by atoms with Gasteiger partial charge in [-0.05, 0) is 56.7 Å². The van der Waals surface area contributed by atoms with E-state index in [1.54, 1.807) is 23.1 Å². The molecule has 5 N–H and O–H groups in total. The molecule has 15 heteroatoms. The lowest BCUT2D eigenvalue weighted by atomic mass is 9.89. The molecule has 12 nitrogen and oxygen atoms in total. The van der Waals surface area contributed by atoms with Crippen LogP contribution in [0, 0.1) is 0 Å². The topological polar surface area (TPSA) is 158 Å². The van der Waals surface area contributed by atoms with Gasteiger partial charge in [0.15, 0.2) is 11.5 Å². The second kappa shape index (κ2) is 11.2. The number of halogens is 2. The van der Waals surface area contributed by atoms with Crippen LogP contribution in [0.1, 0.15) is 49.9 Å². The Morgan fingerprint density at radius 3 is 2.76 bits per heavy atom. The molecule has 3 aromatic heterocycles. The fourth-order valence-corrected chi connectivity index (χ4v) is 6.92. The minimum absolute atomic E-state index is 0.00783. The minimum atomic E-state index is -3.52. The standard InChI is InChI=1S/C27H34F2N10O2S/c1-38-10-8-22(37-38)21-14-33-27(30,12-23(21)35-19-4-2-3-18(11-19)32-15-25(28)29)24-7-9-31-26(36-24)17-13-34-39(16-17)42(40,41)20-5-6-20/h7-10,12-14,16,18-20,25,32-33,35H,2-6,11,15,30H2,1H3. The molecule has 0 aromatic carbocycles. The second-order valence-corrected chi connectivity index (χ2v) is 13.2. The third kappa shape index (κ3) is 5.94. The van der Waals surface area contributed by atoms with Crippen LogP contribution in [-0.2, 0) is 22.7 Å². The van der Waals surface area contributed by atoms with Crippen molar-refractivity contribution in [1.29, 1.82) is 0 Å². The van der Waals surface area contributed by atoms with Crippen molar-refractivity contribution in [3.63, 3.8) is 0 Å². The van der Waals surface area contributed by atoms with Crippen molar-refractivity contribution in [2.75, 3.05) is 6.54 Å². The van der Waals surface area contributed by atoms with Gasteiger partial charge in [-0.15, -0.1) is 0 Å². The average molecular weight is 601 g/mol. The third-order valence-corrected chi connectivity index (χ3v) is 9.84. The van der Waals surface area contributed by atoms with Gasteiger partial charge in [0.2, 0.25) is 0 Å². The van der Waals surface area contributed by atoms with Gasteiger partial charge in [-0.3, -0.25) is 4.68 Å². The van der Waals surface area contributed by atoms with Crippen molar-refractivity contribution >= 4 is 15.6 Å². The van der Waals surface area contributed by atoms with E-state index in [1.165, 1.54) is 12.4 Å². The summed E-state index contributed by atoms with van der Waals surface area (Å²) in [5, 5.41) is 18.1. The highest BCUT2D eigenvalue weighted by atomic mass is 32.2. The summed E-state index contributed by atoms with van der Waals surface area (Å²) in [6.45, 7) is -0.323. The minimum Gasteiger partial charge on any atom is -0.382 e. The van der Waals surface area contributed by atoms with Crippen molar-refractivity contribution in [3.8, 4) is 11.4 Å². The zero-order valence-corrected chi connectivity index (χ0v) is 23.9. The quantitative estimate of drug-likeness (QED) is 0.271. The number of nitrogens with zero attached hydrogens (tertiary/aromatic N) is 6. The molecular formula is C27H34F2N10O2S. The number of allylic oxidation sites excluding steroid dienone is 1. The van der Waals surface area contributed by atoms with Crippen LogP contribution >= 0.6 is 0 Å². The van der Waals surface area contributed by atoms with Crippen LogP contribution < -0.4 is 21.7 Å². The summed E-state index contributed by atoms with van der Waals surface area (Å²) in [6.07, 6.45) is 12.1. The maximum atomic E-state index is 12.8. The monoisotopic (exact) mass is 600 g/mol. The number of rotatable bonds is 10. The van der Waals surface area contributed by atoms with Gasteiger partial charge in [0.25, 0.3) is 16.4 Å². The van der Waals surface area contributed by atoms with Gasteiger partial charge in [-0.25, -0.2) is 27.2 Å². The third-order valence-electron chi connectivity index (χ3n) is 7.81. The van der Waals surface area contributed by atoms with Crippen LogP contribution in [0.4, 0.5) is 8.78 Å². The first-order valence-corrected chi connectivity index (χ1v) is 15.5. The van der Waals surface area contributed by atoms with E-state index in [2.05, 4.69) is 36.1 Å². The van der Waals surface area contributed by atoms with Crippen molar-refractivity contribution in [3.05, 3.63) is 66.3 Å². The molecule has 2 fully saturated rings. The van der Waals surface area contributed by atoms with Gasteiger partial charge in [0.05, 0.1) is 41.1 Å². The number of aromatic nitrogens is 6. The SMILES string of the molecule is Cn1ccc(C2=CNC(N)(c3ccnc(-c4cnn(S(=O)(=O)C5CC5)c4)n3)C=C2NC2CCCC(NCC(F)F)C2)n1. The number of hydrogen-bond donors (Lipinski definition) is 4. The molecule has 42 heavy (non-hydrogen) atoms. The molecule has 4 heterocycles. The van der Waals surface area contributed by atoms with Crippen molar-refractivity contribution in [2.45, 2.75) is 67.9 Å². The van der Waals surface area contributed by atoms with Crippen LogP contribution in [0.15, 0.2) is 54.9 Å². The van der Waals surface area contributed by atoms with Crippen LogP contribution in [0.25, 0.3) is 17.0 Å². The van der Waals surface area contributed by atoms with Gasteiger partial charge in [-0.2, -0.15) is 14.3 Å². The summed E-state index contributed by atoms with van der Waals surface area (Å²) in [6, 6.07) is 3.62. The summed E-state index contributed by atoms with van der Waals surface area (Å²) < 4.78 is 53.5. The van der Waals surface area contributed by atoms with E-state index < -0.39 is 27.4 Å². The first kappa shape index (κ1) is 28.4. The molecule has 3 aromatic rings. The molecule has 0 amide bonds. The summed E-state index contributed by atoms with van der Waals surface area (Å²) >= 11 is 0. The Morgan fingerprint density at radius 1 is 1.21 bits per heavy atom. The maximum absolute atomic E-state index is 12.8. The van der Waals surface area contributed by atoms with Gasteiger partial charge >= 0.3 is 0 Å². The van der Waals surface area contributed by atoms with E-state index >= 15 is 0 Å². The highest BCUT2D eigenvalue weighted by molar-refractivity contribution is 7.90. The zero-order valence-electron chi connectivity index (χ0n) is 23.1. The van der Waals surface area contributed by atoms with E-state index in [-0.39, 0.29) is 18.6 Å². The van der Waals surface area contributed by atoms with Crippen LogP contribution in [-0.4, -0.2) is 67.7 Å². The zero-order chi connectivity index (χ0) is 29.5. The van der Waals surface area contributed by atoms with Crippen LogP contribution in [0.3, 0.4) is 0 Å². The molecule has 3 unspecified atom stereocenters. The number of aryl methyl sites for hydroxylation is 1. The Balaban J connectivity index is 1.28. The Kier molecular flexibility index (Phi) is 7.57. The second-order valence-electron chi connectivity index (χ2n) is 11.1. The van der Waals surface area contributed by atoms with Gasteiger partial charge in [0.1, 0.15) is 0 Å². The number of dihydropyridines is 1. The normalized spacial score (nSPS) is 24.7. The van der Waals surface area contributed by atoms with Gasteiger partial charge in [-0.1, -0.05) is 0 Å². The van der Waals surface area contributed by atoms with Crippen molar-refractivity contribution in [2.24, 2.45) is 12.8 Å². The molecule has 0 spiro atoms. The average Bonchev–Trinajstić information content (AvgIpc) is 3.56. The molecule has 3 aliphatic rings. The summed E-state index contributed by atoms with van der Waals surface area (Å²) in [5.74, 6) is 0.291. The highest BCUT2D eigenvalue weighted by Gasteiger charge is 2.38. The lowest BCUT2D eigenvalue weighted by molar-refractivity contribution is 0.136. The van der Waals surface area contributed by atoms with E-state index in [0.717, 1.165) is 40.3 Å².